The van der Waals surface area contributed by atoms with Crippen LogP contribution in [0.15, 0.2) is 31.8 Å². The van der Waals surface area contributed by atoms with E-state index in [9.17, 15) is 9.90 Å². The van der Waals surface area contributed by atoms with Crippen LogP contribution in [0.3, 0.4) is 0 Å². The normalized spacial score (nSPS) is 13.2. The van der Waals surface area contributed by atoms with Gasteiger partial charge < -0.3 is 13.9 Å². The Labute approximate surface area is 115 Å². The number of benzene rings is 1. The van der Waals surface area contributed by atoms with Crippen LogP contribution in [-0.2, 0) is 6.42 Å². The highest BCUT2D eigenvalue weighted by molar-refractivity contribution is 6.05. The Morgan fingerprint density at radius 1 is 1.30 bits per heavy atom. The molecule has 0 spiro atoms. The van der Waals surface area contributed by atoms with Gasteiger partial charge in [0.25, 0.3) is 0 Å². The molecule has 0 amide bonds. The second-order valence-electron chi connectivity index (χ2n) is 5.04. The maximum atomic E-state index is 11.6. The molecule has 2 aromatic heterocycles. The molecule has 0 aliphatic rings. The first-order valence-corrected chi connectivity index (χ1v) is 6.69. The van der Waals surface area contributed by atoms with E-state index in [0.717, 1.165) is 21.9 Å². The Balaban J connectivity index is 2.55. The van der Waals surface area contributed by atoms with Crippen molar-refractivity contribution in [1.29, 1.82) is 0 Å². The maximum absolute atomic E-state index is 11.6. The molecule has 2 heterocycles. The molecule has 0 radical (unpaired) electrons. The van der Waals surface area contributed by atoms with Crippen LogP contribution >= 0.6 is 0 Å². The van der Waals surface area contributed by atoms with Gasteiger partial charge in [-0.1, -0.05) is 6.92 Å². The molecule has 1 N–H and O–H groups in total. The lowest BCUT2D eigenvalue weighted by Gasteiger charge is -2.03. The molecule has 104 valence electrons. The summed E-state index contributed by atoms with van der Waals surface area (Å²) in [6.45, 7) is 5.54. The van der Waals surface area contributed by atoms with Gasteiger partial charge in [0.2, 0.25) is 0 Å². The van der Waals surface area contributed by atoms with Crippen LogP contribution in [-0.4, -0.2) is 5.11 Å². The SMILES string of the molecule is CCc1c([C@@H](C)O)oc2ccc3c(C)cc(=O)oc3c12. The molecule has 0 saturated heterocycles. The van der Waals surface area contributed by atoms with Gasteiger partial charge in [0.05, 0.1) is 5.39 Å². The average molecular weight is 272 g/mol. The molecular weight excluding hydrogens is 256 g/mol. The molecule has 3 rings (SSSR count). The fourth-order valence-corrected chi connectivity index (χ4v) is 2.73. The number of fused-ring (bicyclic) bond motifs is 3. The van der Waals surface area contributed by atoms with Crippen LogP contribution in [0.5, 0.6) is 0 Å². The smallest absolute Gasteiger partial charge is 0.336 e. The zero-order valence-corrected chi connectivity index (χ0v) is 11.7. The number of hydrogen-bond acceptors (Lipinski definition) is 4. The molecule has 4 heteroatoms. The lowest BCUT2D eigenvalue weighted by atomic mass is 10.0. The molecule has 0 fully saturated rings. The quantitative estimate of drug-likeness (QED) is 0.725. The molecule has 0 aliphatic carbocycles. The zero-order chi connectivity index (χ0) is 14.4. The molecule has 20 heavy (non-hydrogen) atoms. The highest BCUT2D eigenvalue weighted by Crippen LogP contribution is 2.35. The van der Waals surface area contributed by atoms with Crippen LogP contribution < -0.4 is 5.63 Å². The van der Waals surface area contributed by atoms with Gasteiger partial charge >= 0.3 is 5.63 Å². The summed E-state index contributed by atoms with van der Waals surface area (Å²) in [7, 11) is 0. The first-order chi connectivity index (χ1) is 9.52. The lowest BCUT2D eigenvalue weighted by molar-refractivity contribution is 0.170. The fourth-order valence-electron chi connectivity index (χ4n) is 2.73. The summed E-state index contributed by atoms with van der Waals surface area (Å²) in [6, 6.07) is 5.22. The van der Waals surface area contributed by atoms with E-state index in [1.165, 1.54) is 6.07 Å². The van der Waals surface area contributed by atoms with Crippen molar-refractivity contribution in [1.82, 2.24) is 0 Å². The largest absolute Gasteiger partial charge is 0.458 e. The molecule has 3 aromatic rings. The predicted octanol–water partition coefficient (Wildman–Crippen LogP) is 3.46. The van der Waals surface area contributed by atoms with Gasteiger partial charge in [0.15, 0.2) is 0 Å². The lowest BCUT2D eigenvalue weighted by Crippen LogP contribution is -1.98. The summed E-state index contributed by atoms with van der Waals surface area (Å²) in [4.78, 5) is 11.6. The molecule has 0 unspecified atom stereocenters. The van der Waals surface area contributed by atoms with Crippen molar-refractivity contribution in [3.8, 4) is 0 Å². The third kappa shape index (κ3) is 1.76. The summed E-state index contributed by atoms with van der Waals surface area (Å²) in [6.07, 6.45) is 0.00761. The predicted molar refractivity (Wildman–Crippen MR) is 77.0 cm³/mol. The van der Waals surface area contributed by atoms with Crippen molar-refractivity contribution in [2.45, 2.75) is 33.3 Å². The van der Waals surface area contributed by atoms with E-state index in [2.05, 4.69) is 0 Å². The second kappa shape index (κ2) is 4.49. The van der Waals surface area contributed by atoms with Crippen LogP contribution in [0, 0.1) is 6.92 Å². The van der Waals surface area contributed by atoms with E-state index in [1.54, 1.807) is 6.92 Å². The number of aliphatic hydroxyl groups excluding tert-OH is 1. The van der Waals surface area contributed by atoms with E-state index >= 15 is 0 Å². The van der Waals surface area contributed by atoms with E-state index in [1.807, 2.05) is 26.0 Å². The molecule has 1 aromatic carbocycles. The topological polar surface area (TPSA) is 63.6 Å². The number of aliphatic hydroxyl groups is 1. The standard InChI is InChI=1S/C16H16O4/c1-4-10-14-12(19-15(10)9(3)17)6-5-11-8(2)7-13(18)20-16(11)14/h5-7,9,17H,4H2,1-3H3/t9-/m1/s1. The number of rotatable bonds is 2. The molecule has 4 nitrogen and oxygen atoms in total. The molecule has 0 bridgehead atoms. The van der Waals surface area contributed by atoms with Crippen molar-refractivity contribution < 1.29 is 13.9 Å². The number of aryl methyl sites for hydroxylation is 2. The van der Waals surface area contributed by atoms with Crippen LogP contribution in [0.1, 0.15) is 36.8 Å². The van der Waals surface area contributed by atoms with E-state index in [-0.39, 0.29) is 5.63 Å². The van der Waals surface area contributed by atoms with Gasteiger partial charge in [-0.2, -0.15) is 0 Å². The molecule has 0 saturated carbocycles. The van der Waals surface area contributed by atoms with Crippen molar-refractivity contribution >= 4 is 21.9 Å². The summed E-state index contributed by atoms with van der Waals surface area (Å²) in [5, 5.41) is 11.5. The van der Waals surface area contributed by atoms with Crippen LogP contribution in [0.2, 0.25) is 0 Å². The summed E-state index contributed by atoms with van der Waals surface area (Å²) >= 11 is 0. The highest BCUT2D eigenvalue weighted by Gasteiger charge is 2.20. The third-order valence-corrected chi connectivity index (χ3v) is 3.63. The van der Waals surface area contributed by atoms with E-state index in [0.29, 0.717) is 23.3 Å². The monoisotopic (exact) mass is 272 g/mol. The van der Waals surface area contributed by atoms with Crippen molar-refractivity contribution in [3.63, 3.8) is 0 Å². The minimum Gasteiger partial charge on any atom is -0.458 e. The third-order valence-electron chi connectivity index (χ3n) is 3.63. The van der Waals surface area contributed by atoms with Crippen LogP contribution in [0.4, 0.5) is 0 Å². The summed E-state index contributed by atoms with van der Waals surface area (Å²) < 4.78 is 11.1. The van der Waals surface area contributed by atoms with Gasteiger partial charge in [-0.15, -0.1) is 0 Å². The highest BCUT2D eigenvalue weighted by atomic mass is 16.4. The van der Waals surface area contributed by atoms with Crippen molar-refractivity contribution in [2.24, 2.45) is 0 Å². The minimum atomic E-state index is -0.691. The average Bonchev–Trinajstić information content (AvgIpc) is 2.77. The Bertz CT molecular complexity index is 852. The minimum absolute atomic E-state index is 0.371. The summed E-state index contributed by atoms with van der Waals surface area (Å²) in [5.41, 5.74) is 2.58. The first-order valence-electron chi connectivity index (χ1n) is 6.69. The summed E-state index contributed by atoms with van der Waals surface area (Å²) in [5.74, 6) is 0.541. The Kier molecular flexibility index (Phi) is 2.91. The van der Waals surface area contributed by atoms with Gasteiger partial charge in [-0.3, -0.25) is 0 Å². The van der Waals surface area contributed by atoms with Crippen molar-refractivity contribution in [3.05, 3.63) is 45.5 Å². The Hall–Kier alpha value is -2.07. The number of hydrogen-bond donors (Lipinski definition) is 1. The van der Waals surface area contributed by atoms with E-state index < -0.39 is 6.10 Å². The van der Waals surface area contributed by atoms with Gasteiger partial charge in [-0.25, -0.2) is 4.79 Å². The Morgan fingerprint density at radius 3 is 2.70 bits per heavy atom. The Morgan fingerprint density at radius 2 is 2.05 bits per heavy atom. The molecular formula is C16H16O4. The maximum Gasteiger partial charge on any atom is 0.336 e. The zero-order valence-electron chi connectivity index (χ0n) is 11.7. The molecule has 1 atom stereocenters. The fraction of sp³-hybridized carbons (Fsp3) is 0.312. The number of furan rings is 1. The van der Waals surface area contributed by atoms with Crippen LogP contribution in [0.25, 0.3) is 21.9 Å². The van der Waals surface area contributed by atoms with Crippen molar-refractivity contribution in [2.75, 3.05) is 0 Å². The van der Waals surface area contributed by atoms with Gasteiger partial charge in [0.1, 0.15) is 23.0 Å². The molecule has 0 aliphatic heterocycles. The second-order valence-corrected chi connectivity index (χ2v) is 5.04. The van der Waals surface area contributed by atoms with E-state index in [4.69, 9.17) is 8.83 Å². The first kappa shape index (κ1) is 12.9. The van der Waals surface area contributed by atoms with Gasteiger partial charge in [-0.05, 0) is 38.0 Å². The van der Waals surface area contributed by atoms with Gasteiger partial charge in [0, 0.05) is 17.0 Å².